The van der Waals surface area contributed by atoms with Crippen molar-refractivity contribution in [2.24, 2.45) is 0 Å². The number of ether oxygens (including phenoxy) is 2. The molecule has 1 aliphatic heterocycles. The van der Waals surface area contributed by atoms with E-state index in [-0.39, 0.29) is 16.3 Å². The zero-order valence-corrected chi connectivity index (χ0v) is 15.8. The van der Waals surface area contributed by atoms with E-state index in [0.717, 1.165) is 6.07 Å². The van der Waals surface area contributed by atoms with Crippen LogP contribution in [0.4, 0.5) is 18.9 Å². The topological polar surface area (TPSA) is 84.9 Å². The zero-order valence-electron chi connectivity index (χ0n) is 14.3. The van der Waals surface area contributed by atoms with E-state index in [1.807, 2.05) is 0 Å². The van der Waals surface area contributed by atoms with Crippen molar-refractivity contribution in [2.45, 2.75) is 25.0 Å². The predicted molar refractivity (Wildman–Crippen MR) is 97.2 cm³/mol. The van der Waals surface area contributed by atoms with E-state index in [9.17, 15) is 22.8 Å². The third kappa shape index (κ3) is 4.92. The largest absolute Gasteiger partial charge is 0.573 e. The van der Waals surface area contributed by atoms with E-state index in [2.05, 4.69) is 10.1 Å². The lowest BCUT2D eigenvalue weighted by molar-refractivity contribution is -0.274. The minimum absolute atomic E-state index is 0.0452. The fraction of sp³-hybridized carbons (Fsp3) is 0.222. The van der Waals surface area contributed by atoms with Crippen LogP contribution in [0.15, 0.2) is 36.4 Å². The number of hydrogen-bond donors (Lipinski definition) is 2. The fourth-order valence-electron chi connectivity index (χ4n) is 2.85. The van der Waals surface area contributed by atoms with E-state index in [0.29, 0.717) is 5.56 Å². The van der Waals surface area contributed by atoms with Crippen molar-refractivity contribution >= 4 is 40.8 Å². The van der Waals surface area contributed by atoms with Gasteiger partial charge < -0.3 is 19.9 Å². The van der Waals surface area contributed by atoms with Crippen LogP contribution >= 0.6 is 23.2 Å². The maximum absolute atomic E-state index is 12.7. The molecule has 0 aromatic heterocycles. The summed E-state index contributed by atoms with van der Waals surface area (Å²) >= 11 is 12.2. The van der Waals surface area contributed by atoms with Crippen molar-refractivity contribution in [1.82, 2.24) is 0 Å². The van der Waals surface area contributed by atoms with Crippen LogP contribution in [0.1, 0.15) is 23.7 Å². The summed E-state index contributed by atoms with van der Waals surface area (Å²) in [4.78, 5) is 23.5. The van der Waals surface area contributed by atoms with Gasteiger partial charge in [-0.2, -0.15) is 0 Å². The monoisotopic (exact) mass is 449 g/mol. The molecule has 2 aromatic carbocycles. The van der Waals surface area contributed by atoms with Crippen LogP contribution in [0.2, 0.25) is 10.0 Å². The Hall–Kier alpha value is -2.49. The Morgan fingerprint density at radius 1 is 1.21 bits per heavy atom. The molecule has 0 radical (unpaired) electrons. The molecule has 3 rings (SSSR count). The van der Waals surface area contributed by atoms with Gasteiger partial charge in [0, 0.05) is 21.8 Å². The molecule has 0 saturated carbocycles. The molecule has 6 nitrogen and oxygen atoms in total. The summed E-state index contributed by atoms with van der Waals surface area (Å²) in [7, 11) is 0. The number of carboxylic acids is 1. The normalized spacial score (nSPS) is 19.1. The molecular formula is C18H12Cl2F3NO5. The first-order chi connectivity index (χ1) is 13.5. The molecule has 0 bridgehead atoms. The summed E-state index contributed by atoms with van der Waals surface area (Å²) in [5.41, 5.74) is 0.601. The molecule has 2 aromatic rings. The van der Waals surface area contributed by atoms with Crippen molar-refractivity contribution in [1.29, 1.82) is 0 Å². The number of benzene rings is 2. The highest BCUT2D eigenvalue weighted by molar-refractivity contribution is 6.33. The molecule has 11 heteroatoms. The third-order valence-corrected chi connectivity index (χ3v) is 4.65. The number of carbonyl (C=O) groups is 2. The van der Waals surface area contributed by atoms with E-state index in [1.165, 1.54) is 30.3 Å². The Morgan fingerprint density at radius 2 is 1.93 bits per heavy atom. The number of rotatable bonds is 4. The molecule has 1 heterocycles. The smallest absolute Gasteiger partial charge is 0.481 e. The summed E-state index contributed by atoms with van der Waals surface area (Å²) in [5, 5.41) is 11.5. The number of nitrogens with one attached hydrogen (secondary N) is 1. The summed E-state index contributed by atoms with van der Waals surface area (Å²) in [6.07, 6.45) is -8.25. The van der Waals surface area contributed by atoms with Gasteiger partial charge in [-0.05, 0) is 24.3 Å². The van der Waals surface area contributed by atoms with Crippen LogP contribution in [0.5, 0.6) is 5.75 Å². The first-order valence-electron chi connectivity index (χ1n) is 8.07. The average Bonchev–Trinajstić information content (AvgIpc) is 2.73. The molecule has 29 heavy (non-hydrogen) atoms. The third-order valence-electron chi connectivity index (χ3n) is 4.01. The number of fused-ring (bicyclic) bond motifs is 1. The Bertz CT molecular complexity index is 967. The lowest BCUT2D eigenvalue weighted by Gasteiger charge is -2.23. The van der Waals surface area contributed by atoms with Gasteiger partial charge in [-0.25, -0.2) is 0 Å². The van der Waals surface area contributed by atoms with Crippen LogP contribution in [0, 0.1) is 0 Å². The van der Waals surface area contributed by atoms with Crippen LogP contribution in [-0.4, -0.2) is 29.4 Å². The highest BCUT2D eigenvalue weighted by Gasteiger charge is 2.36. The molecule has 0 fully saturated rings. The van der Waals surface area contributed by atoms with Crippen molar-refractivity contribution in [3.05, 3.63) is 57.6 Å². The van der Waals surface area contributed by atoms with E-state index in [4.69, 9.17) is 33.0 Å². The van der Waals surface area contributed by atoms with E-state index >= 15 is 0 Å². The summed E-state index contributed by atoms with van der Waals surface area (Å²) < 4.78 is 47.6. The second kappa shape index (κ2) is 8.10. The number of carbonyl (C=O) groups excluding carboxylic acids is 1. The van der Waals surface area contributed by atoms with Crippen LogP contribution in [0.25, 0.3) is 0 Å². The lowest BCUT2D eigenvalue weighted by atomic mass is 9.99. The van der Waals surface area contributed by atoms with Crippen molar-refractivity contribution < 1.29 is 37.3 Å². The molecule has 0 saturated heterocycles. The molecule has 2 N–H and O–H groups in total. The lowest BCUT2D eigenvalue weighted by Crippen LogP contribution is -2.31. The van der Waals surface area contributed by atoms with Gasteiger partial charge in [0.25, 0.3) is 5.91 Å². The van der Waals surface area contributed by atoms with Gasteiger partial charge in [0.15, 0.2) is 0 Å². The standard InChI is InChI=1S/C18H12Cl2F3NO5/c19-8-4-5-11-10(6-8)16(28-13(7-14(25)26)17(27)24-11)9-2-1-3-12(15(9)20)29-18(21,22)23/h1-6,13,16H,7H2,(H,24,27)(H,25,26)/t13-,16-/m0/s1. The minimum Gasteiger partial charge on any atom is -0.481 e. The van der Waals surface area contributed by atoms with E-state index < -0.39 is 47.6 Å². The Kier molecular flexibility index (Phi) is 5.92. The number of halogens is 5. The van der Waals surface area contributed by atoms with Gasteiger partial charge in [-0.15, -0.1) is 13.2 Å². The SMILES string of the molecule is O=C(O)C[C@@H]1O[C@@H](c2cccc(OC(F)(F)F)c2Cl)c2cc(Cl)ccc2NC1=O. The van der Waals surface area contributed by atoms with Gasteiger partial charge in [0.1, 0.15) is 18.0 Å². The molecule has 154 valence electrons. The van der Waals surface area contributed by atoms with Crippen molar-refractivity contribution in [3.63, 3.8) is 0 Å². The van der Waals surface area contributed by atoms with Crippen LogP contribution < -0.4 is 10.1 Å². The second-order valence-corrected chi connectivity index (χ2v) is 6.85. The number of anilines is 1. The molecule has 0 aliphatic carbocycles. The number of hydrogen-bond acceptors (Lipinski definition) is 4. The number of carboxylic acid groups (broad SMARTS) is 1. The second-order valence-electron chi connectivity index (χ2n) is 6.03. The Balaban J connectivity index is 2.12. The molecule has 0 spiro atoms. The van der Waals surface area contributed by atoms with Crippen LogP contribution in [0.3, 0.4) is 0 Å². The maximum atomic E-state index is 12.7. The zero-order chi connectivity index (χ0) is 21.3. The number of alkyl halides is 3. The average molecular weight is 450 g/mol. The molecule has 2 atom stereocenters. The first kappa shape index (κ1) is 21.2. The molecular weight excluding hydrogens is 438 g/mol. The molecule has 1 amide bonds. The summed E-state index contributed by atoms with van der Waals surface area (Å²) in [5.74, 6) is -2.69. The van der Waals surface area contributed by atoms with Gasteiger partial charge in [-0.1, -0.05) is 35.3 Å². The van der Waals surface area contributed by atoms with Crippen molar-refractivity contribution in [2.75, 3.05) is 5.32 Å². The predicted octanol–water partition coefficient (Wildman–Crippen LogP) is 4.79. The van der Waals surface area contributed by atoms with Gasteiger partial charge in [0.05, 0.1) is 11.4 Å². The summed E-state index contributed by atoms with van der Waals surface area (Å²) in [6, 6.07) is 8.07. The number of amides is 1. The van der Waals surface area contributed by atoms with Gasteiger partial charge in [-0.3, -0.25) is 9.59 Å². The maximum Gasteiger partial charge on any atom is 0.573 e. The number of aliphatic carboxylic acids is 1. The quantitative estimate of drug-likeness (QED) is 0.700. The highest BCUT2D eigenvalue weighted by atomic mass is 35.5. The highest BCUT2D eigenvalue weighted by Crippen LogP contribution is 2.43. The van der Waals surface area contributed by atoms with Gasteiger partial charge in [0.2, 0.25) is 0 Å². The first-order valence-corrected chi connectivity index (χ1v) is 8.82. The fourth-order valence-corrected chi connectivity index (χ4v) is 3.30. The summed E-state index contributed by atoms with van der Waals surface area (Å²) in [6.45, 7) is 0. The molecule has 0 unspecified atom stereocenters. The Labute approximate surface area is 172 Å². The van der Waals surface area contributed by atoms with Gasteiger partial charge >= 0.3 is 12.3 Å². The Morgan fingerprint density at radius 3 is 2.59 bits per heavy atom. The molecule has 1 aliphatic rings. The minimum atomic E-state index is -4.98. The van der Waals surface area contributed by atoms with Crippen molar-refractivity contribution in [3.8, 4) is 5.75 Å². The van der Waals surface area contributed by atoms with Crippen LogP contribution in [-0.2, 0) is 14.3 Å². The van der Waals surface area contributed by atoms with E-state index in [1.54, 1.807) is 0 Å².